The molecule has 18 heavy (non-hydrogen) atoms. The number of pyridine rings is 1. The lowest BCUT2D eigenvalue weighted by atomic mass is 10.1. The Balaban J connectivity index is 2.30. The van der Waals surface area contributed by atoms with Crippen LogP contribution in [0.5, 0.6) is 0 Å². The van der Waals surface area contributed by atoms with E-state index < -0.39 is 0 Å². The van der Waals surface area contributed by atoms with Crippen LogP contribution < -0.4 is 5.73 Å². The molecule has 1 rings (SSSR count). The van der Waals surface area contributed by atoms with Gasteiger partial charge in [-0.3, -0.25) is 4.98 Å². The first kappa shape index (κ1) is 15.1. The lowest BCUT2D eigenvalue weighted by molar-refractivity contribution is 0.233. The van der Waals surface area contributed by atoms with Gasteiger partial charge in [-0.25, -0.2) is 0 Å². The highest BCUT2D eigenvalue weighted by atomic mass is 15.1. The van der Waals surface area contributed by atoms with Crippen LogP contribution in [0.1, 0.15) is 38.2 Å². The molecule has 1 heterocycles. The third-order valence-electron chi connectivity index (χ3n) is 3.54. The van der Waals surface area contributed by atoms with Crippen molar-refractivity contribution < 1.29 is 0 Å². The van der Waals surface area contributed by atoms with E-state index in [1.165, 1.54) is 31.2 Å². The molecule has 1 aromatic rings. The summed E-state index contributed by atoms with van der Waals surface area (Å²) in [4.78, 5) is 6.44. The van der Waals surface area contributed by atoms with Gasteiger partial charge < -0.3 is 10.6 Å². The van der Waals surface area contributed by atoms with Crippen LogP contribution in [0.2, 0.25) is 0 Å². The van der Waals surface area contributed by atoms with E-state index >= 15 is 0 Å². The molecule has 102 valence electrons. The number of nitrogens with two attached hydrogens (primary N) is 1. The first-order chi connectivity index (χ1) is 8.77. The van der Waals surface area contributed by atoms with E-state index in [4.69, 9.17) is 5.73 Å². The number of aromatic nitrogens is 1. The van der Waals surface area contributed by atoms with Gasteiger partial charge in [-0.05, 0) is 37.6 Å². The minimum absolute atomic E-state index is 0.526. The van der Waals surface area contributed by atoms with Crippen LogP contribution in [-0.4, -0.2) is 36.1 Å². The van der Waals surface area contributed by atoms with E-state index in [-0.39, 0.29) is 0 Å². The van der Waals surface area contributed by atoms with Gasteiger partial charge in [-0.1, -0.05) is 26.2 Å². The Morgan fingerprint density at radius 3 is 2.61 bits per heavy atom. The Morgan fingerprint density at radius 1 is 1.28 bits per heavy atom. The van der Waals surface area contributed by atoms with Crippen LogP contribution in [0.15, 0.2) is 24.5 Å². The second-order valence-electron chi connectivity index (χ2n) is 4.97. The summed E-state index contributed by atoms with van der Waals surface area (Å²) in [5.74, 6) is 0. The molecule has 2 N–H and O–H groups in total. The summed E-state index contributed by atoms with van der Waals surface area (Å²) in [5, 5.41) is 0. The van der Waals surface area contributed by atoms with E-state index in [0.29, 0.717) is 6.04 Å². The molecule has 0 radical (unpaired) electrons. The van der Waals surface area contributed by atoms with E-state index in [0.717, 1.165) is 19.5 Å². The first-order valence-corrected chi connectivity index (χ1v) is 7.07. The molecule has 0 fully saturated rings. The van der Waals surface area contributed by atoms with Crippen LogP contribution in [0.25, 0.3) is 0 Å². The molecule has 0 spiro atoms. The molecule has 0 aromatic carbocycles. The Bertz CT molecular complexity index is 300. The Kier molecular flexibility index (Phi) is 7.62. The highest BCUT2D eigenvalue weighted by molar-refractivity contribution is 5.09. The van der Waals surface area contributed by atoms with Crippen LogP contribution in [0.4, 0.5) is 0 Å². The number of rotatable bonds is 9. The van der Waals surface area contributed by atoms with Crippen molar-refractivity contribution in [1.29, 1.82) is 0 Å². The van der Waals surface area contributed by atoms with Gasteiger partial charge in [-0.15, -0.1) is 0 Å². The fourth-order valence-electron chi connectivity index (χ4n) is 2.19. The third kappa shape index (κ3) is 5.61. The molecule has 3 nitrogen and oxygen atoms in total. The number of likely N-dealkylation sites (N-methyl/N-ethyl adjacent to an activating group) is 1. The van der Waals surface area contributed by atoms with Crippen LogP contribution >= 0.6 is 0 Å². The van der Waals surface area contributed by atoms with Gasteiger partial charge in [0.05, 0.1) is 0 Å². The second-order valence-corrected chi connectivity index (χ2v) is 4.97. The normalized spacial score (nSPS) is 12.9. The monoisotopic (exact) mass is 249 g/mol. The van der Waals surface area contributed by atoms with Crippen LogP contribution in [0.3, 0.4) is 0 Å². The Morgan fingerprint density at radius 2 is 2.00 bits per heavy atom. The fraction of sp³-hybridized carbons (Fsp3) is 0.667. The standard InChI is InChI=1S/C15H27N3/c1-3-4-5-6-15(13-16)18(2)12-9-14-7-10-17-11-8-14/h7-8,10-11,15H,3-6,9,12-13,16H2,1-2H3. The van der Waals surface area contributed by atoms with Gasteiger partial charge in [-0.2, -0.15) is 0 Å². The summed E-state index contributed by atoms with van der Waals surface area (Å²) in [5.41, 5.74) is 7.22. The zero-order valence-corrected chi connectivity index (χ0v) is 11.8. The molecule has 0 aliphatic heterocycles. The van der Waals surface area contributed by atoms with Crippen molar-refractivity contribution in [2.45, 2.75) is 45.1 Å². The summed E-state index contributed by atoms with van der Waals surface area (Å²) in [6.45, 7) is 4.07. The fourth-order valence-corrected chi connectivity index (χ4v) is 2.19. The van der Waals surface area contributed by atoms with Crippen molar-refractivity contribution in [3.05, 3.63) is 30.1 Å². The van der Waals surface area contributed by atoms with Gasteiger partial charge in [0.25, 0.3) is 0 Å². The summed E-state index contributed by atoms with van der Waals surface area (Å²) in [6.07, 6.45) is 9.89. The van der Waals surface area contributed by atoms with Crippen molar-refractivity contribution in [2.75, 3.05) is 20.1 Å². The van der Waals surface area contributed by atoms with Crippen molar-refractivity contribution in [3.8, 4) is 0 Å². The van der Waals surface area contributed by atoms with Crippen molar-refractivity contribution in [3.63, 3.8) is 0 Å². The number of nitrogens with zero attached hydrogens (tertiary/aromatic N) is 2. The average Bonchev–Trinajstić information content (AvgIpc) is 2.42. The molecular weight excluding hydrogens is 222 g/mol. The average molecular weight is 249 g/mol. The largest absolute Gasteiger partial charge is 0.329 e. The maximum absolute atomic E-state index is 5.87. The molecule has 0 aliphatic carbocycles. The highest BCUT2D eigenvalue weighted by Crippen LogP contribution is 2.09. The molecule has 1 aromatic heterocycles. The maximum Gasteiger partial charge on any atom is 0.0270 e. The van der Waals surface area contributed by atoms with Gasteiger partial charge in [0, 0.05) is 31.5 Å². The number of hydrogen-bond acceptors (Lipinski definition) is 3. The second kappa shape index (κ2) is 9.06. The summed E-state index contributed by atoms with van der Waals surface area (Å²) in [7, 11) is 2.19. The minimum atomic E-state index is 0.526. The van der Waals surface area contributed by atoms with Crippen molar-refractivity contribution in [1.82, 2.24) is 9.88 Å². The number of hydrogen-bond donors (Lipinski definition) is 1. The van der Waals surface area contributed by atoms with Crippen molar-refractivity contribution in [2.24, 2.45) is 5.73 Å². The smallest absolute Gasteiger partial charge is 0.0270 e. The minimum Gasteiger partial charge on any atom is -0.329 e. The molecule has 0 aliphatic rings. The zero-order valence-electron chi connectivity index (χ0n) is 11.8. The molecule has 0 amide bonds. The first-order valence-electron chi connectivity index (χ1n) is 7.07. The Hall–Kier alpha value is -0.930. The highest BCUT2D eigenvalue weighted by Gasteiger charge is 2.12. The predicted octanol–water partition coefficient (Wildman–Crippen LogP) is 2.46. The molecule has 3 heteroatoms. The van der Waals surface area contributed by atoms with Crippen LogP contribution in [0, 0.1) is 0 Å². The molecule has 0 saturated heterocycles. The van der Waals surface area contributed by atoms with E-state index in [1.54, 1.807) is 0 Å². The molecular formula is C15H27N3. The van der Waals surface area contributed by atoms with Gasteiger partial charge in [0.15, 0.2) is 0 Å². The Labute approximate surface area is 111 Å². The molecule has 0 bridgehead atoms. The summed E-state index contributed by atoms with van der Waals surface area (Å²) < 4.78 is 0. The van der Waals surface area contributed by atoms with Crippen molar-refractivity contribution >= 4 is 0 Å². The van der Waals surface area contributed by atoms with Gasteiger partial charge in [0.2, 0.25) is 0 Å². The predicted molar refractivity (Wildman–Crippen MR) is 77.6 cm³/mol. The molecule has 1 unspecified atom stereocenters. The number of unbranched alkanes of at least 4 members (excludes halogenated alkanes) is 2. The van der Waals surface area contributed by atoms with Gasteiger partial charge in [0.1, 0.15) is 0 Å². The lowest BCUT2D eigenvalue weighted by Gasteiger charge is -2.27. The summed E-state index contributed by atoms with van der Waals surface area (Å²) >= 11 is 0. The van der Waals surface area contributed by atoms with Crippen LogP contribution in [-0.2, 0) is 6.42 Å². The molecule has 0 saturated carbocycles. The topological polar surface area (TPSA) is 42.1 Å². The SMILES string of the molecule is CCCCCC(CN)N(C)CCc1ccncc1. The lowest BCUT2D eigenvalue weighted by Crippen LogP contribution is -2.39. The quantitative estimate of drug-likeness (QED) is 0.684. The van der Waals surface area contributed by atoms with E-state index in [1.807, 2.05) is 12.4 Å². The maximum atomic E-state index is 5.87. The zero-order chi connectivity index (χ0) is 13.2. The van der Waals surface area contributed by atoms with E-state index in [2.05, 4.69) is 36.0 Å². The van der Waals surface area contributed by atoms with E-state index in [9.17, 15) is 0 Å². The summed E-state index contributed by atoms with van der Waals surface area (Å²) in [6, 6.07) is 4.70. The van der Waals surface area contributed by atoms with Gasteiger partial charge >= 0.3 is 0 Å². The molecule has 1 atom stereocenters. The third-order valence-corrected chi connectivity index (χ3v) is 3.54.